The maximum atomic E-state index is 11.3. The number of carboxylic acids is 1. The summed E-state index contributed by atoms with van der Waals surface area (Å²) in [5, 5.41) is 10.0. The average Bonchev–Trinajstić information content (AvgIpc) is 2.74. The molecular formula is C13H18ClN3O3Si. The van der Waals surface area contributed by atoms with Gasteiger partial charge in [-0.05, 0) is 12.1 Å². The third kappa shape index (κ3) is 3.81. The number of nitrogens with zero attached hydrogens (tertiary/aromatic N) is 3. The third-order valence-electron chi connectivity index (χ3n) is 3.08. The van der Waals surface area contributed by atoms with Gasteiger partial charge in [-0.2, -0.15) is 0 Å². The van der Waals surface area contributed by atoms with E-state index in [9.17, 15) is 9.90 Å². The lowest BCUT2D eigenvalue weighted by Crippen LogP contribution is -2.22. The highest BCUT2D eigenvalue weighted by Crippen LogP contribution is 2.23. The minimum Gasteiger partial charge on any atom is -0.477 e. The summed E-state index contributed by atoms with van der Waals surface area (Å²) < 4.78 is 7.13. The third-order valence-corrected chi connectivity index (χ3v) is 5.08. The van der Waals surface area contributed by atoms with Gasteiger partial charge in [-0.25, -0.2) is 14.8 Å². The molecule has 0 aliphatic rings. The zero-order chi connectivity index (χ0) is 15.6. The number of hydrogen-bond donors (Lipinski definition) is 1. The number of carboxylic acid groups (broad SMARTS) is 1. The van der Waals surface area contributed by atoms with Gasteiger partial charge in [0.2, 0.25) is 0 Å². The highest BCUT2D eigenvalue weighted by molar-refractivity contribution is 6.76. The Labute approximate surface area is 128 Å². The van der Waals surface area contributed by atoms with Gasteiger partial charge in [0.25, 0.3) is 0 Å². The minimum atomic E-state index is -1.17. The summed E-state index contributed by atoms with van der Waals surface area (Å²) >= 11 is 5.98. The number of aromatic nitrogens is 3. The second kappa shape index (κ2) is 6.13. The molecule has 0 saturated carbocycles. The van der Waals surface area contributed by atoms with Crippen molar-refractivity contribution < 1.29 is 14.6 Å². The number of carbonyl (C=O) groups is 1. The number of rotatable bonds is 6. The molecule has 114 valence electrons. The Kier molecular flexibility index (Phi) is 4.65. The normalized spacial score (nSPS) is 12.0. The predicted octanol–water partition coefficient (Wildman–Crippen LogP) is 3.10. The molecule has 0 fully saturated rings. The van der Waals surface area contributed by atoms with E-state index in [1.165, 1.54) is 17.0 Å². The Hall–Kier alpha value is -1.44. The molecule has 21 heavy (non-hydrogen) atoms. The maximum absolute atomic E-state index is 11.3. The zero-order valence-corrected chi connectivity index (χ0v) is 14.0. The SMILES string of the molecule is C[Si](C)(C)CCOCn1c(C(=O)O)cc2c(Cl)ncnc21. The van der Waals surface area contributed by atoms with E-state index in [4.69, 9.17) is 16.3 Å². The molecule has 2 aromatic heterocycles. The molecule has 2 aromatic rings. The first-order chi connectivity index (χ1) is 9.79. The monoisotopic (exact) mass is 327 g/mol. The van der Waals surface area contributed by atoms with E-state index >= 15 is 0 Å². The van der Waals surface area contributed by atoms with E-state index in [1.807, 2.05) is 0 Å². The smallest absolute Gasteiger partial charge is 0.352 e. The molecule has 0 aliphatic carbocycles. The van der Waals surface area contributed by atoms with Crippen LogP contribution < -0.4 is 0 Å². The fourth-order valence-electron chi connectivity index (χ4n) is 1.88. The molecule has 0 aromatic carbocycles. The topological polar surface area (TPSA) is 77.2 Å². The summed E-state index contributed by atoms with van der Waals surface area (Å²) in [5.74, 6) is -1.04. The standard InChI is InChI=1S/C13H18ClN3O3Si/c1-21(2,3)5-4-20-8-17-10(13(18)19)6-9-11(14)15-7-16-12(9)17/h6-7H,4-5,8H2,1-3H3,(H,18,19). The Bertz CT molecular complexity index is 666. The minimum absolute atomic E-state index is 0.0976. The molecule has 2 rings (SSSR count). The number of hydrogen-bond acceptors (Lipinski definition) is 4. The maximum Gasteiger partial charge on any atom is 0.352 e. The average molecular weight is 328 g/mol. The van der Waals surface area contributed by atoms with Gasteiger partial charge in [-0.3, -0.25) is 4.57 Å². The molecular weight excluding hydrogens is 310 g/mol. The van der Waals surface area contributed by atoms with E-state index < -0.39 is 14.0 Å². The second-order valence-corrected chi connectivity index (χ2v) is 12.0. The van der Waals surface area contributed by atoms with E-state index in [0.29, 0.717) is 17.6 Å². The van der Waals surface area contributed by atoms with Crippen LogP contribution in [0.5, 0.6) is 0 Å². The highest BCUT2D eigenvalue weighted by atomic mass is 35.5. The van der Waals surface area contributed by atoms with Gasteiger partial charge in [0.05, 0.1) is 5.39 Å². The Morgan fingerprint density at radius 2 is 2.14 bits per heavy atom. The first-order valence-corrected chi connectivity index (χ1v) is 10.7. The van der Waals surface area contributed by atoms with Crippen LogP contribution in [0.3, 0.4) is 0 Å². The number of fused-ring (bicyclic) bond motifs is 1. The van der Waals surface area contributed by atoms with Crippen molar-refractivity contribution in [2.24, 2.45) is 0 Å². The second-order valence-electron chi connectivity index (χ2n) is 6.01. The predicted molar refractivity (Wildman–Crippen MR) is 83.6 cm³/mol. The molecule has 0 spiro atoms. The van der Waals surface area contributed by atoms with E-state index in [0.717, 1.165) is 6.04 Å². The molecule has 0 aliphatic heterocycles. The molecule has 0 atom stereocenters. The van der Waals surface area contributed by atoms with Crippen LogP contribution in [0.4, 0.5) is 0 Å². The summed E-state index contributed by atoms with van der Waals surface area (Å²) in [4.78, 5) is 19.3. The van der Waals surface area contributed by atoms with Crippen LogP contribution in [0.2, 0.25) is 30.8 Å². The van der Waals surface area contributed by atoms with Gasteiger partial charge in [-0.15, -0.1) is 0 Å². The molecule has 8 heteroatoms. The van der Waals surface area contributed by atoms with Crippen molar-refractivity contribution in [2.45, 2.75) is 32.4 Å². The summed E-state index contributed by atoms with van der Waals surface area (Å²) in [7, 11) is -1.17. The molecule has 0 saturated heterocycles. The zero-order valence-electron chi connectivity index (χ0n) is 12.3. The highest BCUT2D eigenvalue weighted by Gasteiger charge is 2.18. The lowest BCUT2D eigenvalue weighted by molar-refractivity contribution is 0.0629. The largest absolute Gasteiger partial charge is 0.477 e. The van der Waals surface area contributed by atoms with Crippen molar-refractivity contribution in [3.63, 3.8) is 0 Å². The number of halogens is 1. The Morgan fingerprint density at radius 1 is 1.43 bits per heavy atom. The molecule has 1 N–H and O–H groups in total. The van der Waals surface area contributed by atoms with Crippen molar-refractivity contribution in [1.82, 2.24) is 14.5 Å². The molecule has 0 unspecified atom stereocenters. The molecule has 2 heterocycles. The Morgan fingerprint density at radius 3 is 2.76 bits per heavy atom. The first-order valence-electron chi connectivity index (χ1n) is 6.60. The molecule has 6 nitrogen and oxygen atoms in total. The van der Waals surface area contributed by atoms with Gasteiger partial charge in [0, 0.05) is 14.7 Å². The van der Waals surface area contributed by atoms with Crippen LogP contribution in [-0.4, -0.2) is 40.3 Å². The van der Waals surface area contributed by atoms with Gasteiger partial charge in [-0.1, -0.05) is 31.2 Å². The fourth-order valence-corrected chi connectivity index (χ4v) is 2.81. The van der Waals surface area contributed by atoms with Crippen LogP contribution in [0.15, 0.2) is 12.4 Å². The van der Waals surface area contributed by atoms with Gasteiger partial charge in [0.1, 0.15) is 29.6 Å². The van der Waals surface area contributed by atoms with Crippen molar-refractivity contribution in [3.8, 4) is 0 Å². The summed E-state index contributed by atoms with van der Waals surface area (Å²) in [6.45, 7) is 7.53. The van der Waals surface area contributed by atoms with Crippen LogP contribution in [0.1, 0.15) is 10.5 Å². The van der Waals surface area contributed by atoms with E-state index in [1.54, 1.807) is 0 Å². The van der Waals surface area contributed by atoms with Crippen molar-refractivity contribution in [2.75, 3.05) is 6.61 Å². The number of ether oxygens (including phenoxy) is 1. The number of aromatic carboxylic acids is 1. The van der Waals surface area contributed by atoms with Crippen LogP contribution in [-0.2, 0) is 11.5 Å². The summed E-state index contributed by atoms with van der Waals surface area (Å²) in [6, 6.07) is 2.49. The fraction of sp³-hybridized carbons (Fsp3) is 0.462. The van der Waals surface area contributed by atoms with Crippen LogP contribution in [0.25, 0.3) is 11.0 Å². The van der Waals surface area contributed by atoms with Gasteiger partial charge >= 0.3 is 5.97 Å². The molecule has 0 radical (unpaired) electrons. The van der Waals surface area contributed by atoms with Crippen LogP contribution >= 0.6 is 11.6 Å². The lowest BCUT2D eigenvalue weighted by atomic mass is 10.4. The van der Waals surface area contributed by atoms with Gasteiger partial charge in [0.15, 0.2) is 0 Å². The lowest BCUT2D eigenvalue weighted by Gasteiger charge is -2.16. The van der Waals surface area contributed by atoms with Crippen LogP contribution in [0, 0.1) is 0 Å². The first kappa shape index (κ1) is 15.9. The molecule has 0 bridgehead atoms. The summed E-state index contributed by atoms with van der Waals surface area (Å²) in [5.41, 5.74) is 0.570. The van der Waals surface area contributed by atoms with Crippen molar-refractivity contribution in [1.29, 1.82) is 0 Å². The quantitative estimate of drug-likeness (QED) is 0.501. The van der Waals surface area contributed by atoms with E-state index in [2.05, 4.69) is 29.6 Å². The molecule has 0 amide bonds. The Balaban J connectivity index is 2.23. The van der Waals surface area contributed by atoms with Crippen molar-refractivity contribution >= 4 is 36.7 Å². The summed E-state index contributed by atoms with van der Waals surface area (Å²) in [6.07, 6.45) is 1.31. The van der Waals surface area contributed by atoms with Gasteiger partial charge < -0.3 is 9.84 Å². The van der Waals surface area contributed by atoms with Crippen molar-refractivity contribution in [3.05, 3.63) is 23.2 Å². The van der Waals surface area contributed by atoms with E-state index in [-0.39, 0.29) is 17.6 Å².